The van der Waals surface area contributed by atoms with Gasteiger partial charge in [0.2, 0.25) is 0 Å². The first-order chi connectivity index (χ1) is 9.79. The molecular formula is C15H18FNO3S. The van der Waals surface area contributed by atoms with E-state index in [0.717, 1.165) is 12.0 Å². The van der Waals surface area contributed by atoms with E-state index in [1.54, 1.807) is 18.4 Å². The molecule has 2 aromatic rings. The van der Waals surface area contributed by atoms with Crippen molar-refractivity contribution in [3.63, 3.8) is 0 Å². The van der Waals surface area contributed by atoms with Crippen molar-refractivity contribution in [2.45, 2.75) is 30.8 Å². The van der Waals surface area contributed by atoms with E-state index in [1.807, 2.05) is 19.9 Å². The van der Waals surface area contributed by atoms with Crippen molar-refractivity contribution < 1.29 is 17.2 Å². The molecule has 0 amide bonds. The van der Waals surface area contributed by atoms with Crippen molar-refractivity contribution in [2.24, 2.45) is 0 Å². The van der Waals surface area contributed by atoms with Gasteiger partial charge in [-0.15, -0.1) is 0 Å². The van der Waals surface area contributed by atoms with Gasteiger partial charge in [-0.25, -0.2) is 12.8 Å². The topological polar surface area (TPSA) is 59.3 Å². The minimum Gasteiger partial charge on any atom is -0.468 e. The van der Waals surface area contributed by atoms with Crippen LogP contribution < -0.4 is 5.32 Å². The van der Waals surface area contributed by atoms with E-state index in [-0.39, 0.29) is 17.0 Å². The molecule has 0 spiro atoms. The molecule has 6 heteroatoms. The number of rotatable bonds is 5. The van der Waals surface area contributed by atoms with Gasteiger partial charge >= 0.3 is 0 Å². The fourth-order valence-corrected chi connectivity index (χ4v) is 2.91. The van der Waals surface area contributed by atoms with Crippen molar-refractivity contribution in [1.82, 2.24) is 5.32 Å². The lowest BCUT2D eigenvalue weighted by molar-refractivity contribution is 0.402. The molecule has 2 atom stereocenters. The van der Waals surface area contributed by atoms with Gasteiger partial charge in [0.25, 0.3) is 0 Å². The number of furan rings is 1. The van der Waals surface area contributed by atoms with Gasteiger partial charge in [-0.1, -0.05) is 6.07 Å². The van der Waals surface area contributed by atoms with Crippen LogP contribution in [0.1, 0.15) is 37.3 Å². The Labute approximate surface area is 123 Å². The third-order valence-corrected chi connectivity index (χ3v) is 4.46. The summed E-state index contributed by atoms with van der Waals surface area (Å²) in [4.78, 5) is -0.280. The van der Waals surface area contributed by atoms with Gasteiger partial charge < -0.3 is 9.73 Å². The number of hydrogen-bond acceptors (Lipinski definition) is 4. The fourth-order valence-electron chi connectivity index (χ4n) is 2.18. The third kappa shape index (κ3) is 3.71. The highest BCUT2D eigenvalue weighted by Gasteiger charge is 2.17. The van der Waals surface area contributed by atoms with Crippen molar-refractivity contribution in [3.8, 4) is 0 Å². The molecule has 1 heterocycles. The van der Waals surface area contributed by atoms with Crippen LogP contribution in [0.2, 0.25) is 0 Å². The minimum absolute atomic E-state index is 0.0346. The molecule has 4 nitrogen and oxygen atoms in total. The summed E-state index contributed by atoms with van der Waals surface area (Å²) >= 11 is 0. The summed E-state index contributed by atoms with van der Waals surface area (Å²) in [7, 11) is -3.54. The van der Waals surface area contributed by atoms with Gasteiger partial charge in [-0.2, -0.15) is 0 Å². The molecule has 0 saturated heterocycles. The molecular weight excluding hydrogens is 293 g/mol. The lowest BCUT2D eigenvalue weighted by atomic mass is 10.1. The predicted molar refractivity (Wildman–Crippen MR) is 78.2 cm³/mol. The molecule has 0 radical (unpaired) electrons. The molecule has 0 aliphatic rings. The van der Waals surface area contributed by atoms with E-state index in [0.29, 0.717) is 5.56 Å². The van der Waals surface area contributed by atoms with E-state index in [9.17, 15) is 12.8 Å². The molecule has 1 aromatic carbocycles. The monoisotopic (exact) mass is 311 g/mol. The highest BCUT2D eigenvalue weighted by atomic mass is 32.2. The van der Waals surface area contributed by atoms with Gasteiger partial charge in [0.15, 0.2) is 9.84 Å². The maximum Gasteiger partial charge on any atom is 0.178 e. The summed E-state index contributed by atoms with van der Waals surface area (Å²) in [5, 5.41) is 3.27. The highest BCUT2D eigenvalue weighted by Crippen LogP contribution is 2.23. The maximum absolute atomic E-state index is 13.9. The van der Waals surface area contributed by atoms with Gasteiger partial charge in [0.1, 0.15) is 16.5 Å². The van der Waals surface area contributed by atoms with Crippen LogP contribution in [0.15, 0.2) is 45.9 Å². The molecule has 1 aromatic heterocycles. The van der Waals surface area contributed by atoms with Crippen LogP contribution >= 0.6 is 0 Å². The van der Waals surface area contributed by atoms with Crippen molar-refractivity contribution in [3.05, 3.63) is 53.7 Å². The van der Waals surface area contributed by atoms with E-state index in [4.69, 9.17) is 4.42 Å². The molecule has 0 aliphatic heterocycles. The molecule has 0 bridgehead atoms. The largest absolute Gasteiger partial charge is 0.468 e. The molecule has 0 aliphatic carbocycles. The fraction of sp³-hybridized carbons (Fsp3) is 0.333. The second-order valence-electron chi connectivity index (χ2n) is 5.09. The van der Waals surface area contributed by atoms with Crippen LogP contribution in [0.5, 0.6) is 0 Å². The molecule has 0 unspecified atom stereocenters. The Kier molecular flexibility index (Phi) is 4.49. The van der Waals surface area contributed by atoms with Gasteiger partial charge in [0, 0.05) is 12.3 Å². The zero-order valence-electron chi connectivity index (χ0n) is 12.1. The summed E-state index contributed by atoms with van der Waals surface area (Å²) in [6.07, 6.45) is 2.59. The summed E-state index contributed by atoms with van der Waals surface area (Å²) in [5.74, 6) is 0.0596. The van der Waals surface area contributed by atoms with Crippen LogP contribution in [-0.4, -0.2) is 14.7 Å². The molecule has 1 N–H and O–H groups in total. The lowest BCUT2D eigenvalue weighted by Gasteiger charge is -2.19. The highest BCUT2D eigenvalue weighted by molar-refractivity contribution is 7.90. The summed E-state index contributed by atoms with van der Waals surface area (Å²) < 4.78 is 42.0. The number of hydrogen-bond donors (Lipinski definition) is 1. The van der Waals surface area contributed by atoms with E-state index >= 15 is 0 Å². The second kappa shape index (κ2) is 5.99. The molecule has 114 valence electrons. The summed E-state index contributed by atoms with van der Waals surface area (Å²) in [5.41, 5.74) is 0.679. The van der Waals surface area contributed by atoms with Gasteiger partial charge in [-0.3, -0.25) is 0 Å². The quantitative estimate of drug-likeness (QED) is 0.921. The van der Waals surface area contributed by atoms with Crippen LogP contribution in [-0.2, 0) is 9.84 Å². The van der Waals surface area contributed by atoms with E-state index in [2.05, 4.69) is 5.32 Å². The van der Waals surface area contributed by atoms with Crippen LogP contribution in [0.3, 0.4) is 0 Å². The Hall–Kier alpha value is -1.66. The number of benzene rings is 1. The Balaban J connectivity index is 2.17. The molecule has 0 saturated carbocycles. The van der Waals surface area contributed by atoms with Crippen molar-refractivity contribution >= 4 is 9.84 Å². The standard InChI is InChI=1S/C15H18FNO3S/c1-10(17-11(2)14-5-4-8-20-14)12-6-7-15(13(16)9-12)21(3,18)19/h4-11,17H,1-3H3/t10-,11-/m0/s1. The van der Waals surface area contributed by atoms with Gasteiger partial charge in [-0.05, 0) is 43.7 Å². The number of sulfone groups is 1. The molecule has 21 heavy (non-hydrogen) atoms. The molecule has 2 rings (SSSR count). The summed E-state index contributed by atoms with van der Waals surface area (Å²) in [6.45, 7) is 3.82. The first-order valence-corrected chi connectivity index (χ1v) is 8.47. The number of nitrogens with one attached hydrogen (secondary N) is 1. The second-order valence-corrected chi connectivity index (χ2v) is 7.07. The zero-order chi connectivity index (χ0) is 15.6. The Morgan fingerprint density at radius 3 is 2.43 bits per heavy atom. The summed E-state index contributed by atoms with van der Waals surface area (Å²) in [6, 6.07) is 7.65. The van der Waals surface area contributed by atoms with Crippen LogP contribution in [0.25, 0.3) is 0 Å². The Morgan fingerprint density at radius 2 is 1.90 bits per heavy atom. The lowest BCUT2D eigenvalue weighted by Crippen LogP contribution is -2.22. The van der Waals surface area contributed by atoms with Crippen molar-refractivity contribution in [1.29, 1.82) is 0 Å². The SMILES string of the molecule is C[C@H](N[C@@H](C)c1ccco1)c1ccc(S(C)(=O)=O)c(F)c1. The average Bonchev–Trinajstić information content (AvgIpc) is 2.90. The maximum atomic E-state index is 13.9. The number of halogens is 1. The van der Waals surface area contributed by atoms with E-state index in [1.165, 1.54) is 12.1 Å². The minimum atomic E-state index is -3.54. The Morgan fingerprint density at radius 1 is 1.19 bits per heavy atom. The first kappa shape index (κ1) is 15.7. The van der Waals surface area contributed by atoms with Crippen molar-refractivity contribution in [2.75, 3.05) is 6.26 Å². The van der Waals surface area contributed by atoms with Crippen LogP contribution in [0, 0.1) is 5.82 Å². The predicted octanol–water partition coefficient (Wildman–Crippen LogP) is 3.23. The zero-order valence-corrected chi connectivity index (χ0v) is 12.9. The normalized spacial score (nSPS) is 14.9. The molecule has 0 fully saturated rings. The first-order valence-electron chi connectivity index (χ1n) is 6.58. The van der Waals surface area contributed by atoms with E-state index < -0.39 is 15.7 Å². The Bertz CT molecular complexity index is 711. The van der Waals surface area contributed by atoms with Crippen LogP contribution in [0.4, 0.5) is 4.39 Å². The van der Waals surface area contributed by atoms with Gasteiger partial charge in [0.05, 0.1) is 12.3 Å². The third-order valence-electron chi connectivity index (χ3n) is 3.33. The average molecular weight is 311 g/mol. The smallest absolute Gasteiger partial charge is 0.178 e.